The molecule has 1 aromatic rings. The van der Waals surface area contributed by atoms with E-state index in [0.29, 0.717) is 49.7 Å². The van der Waals surface area contributed by atoms with Crippen LogP contribution in [0.2, 0.25) is 0 Å². The minimum Gasteiger partial charge on any atom is -0.506 e. The highest BCUT2D eigenvalue weighted by atomic mass is 16.5. The van der Waals surface area contributed by atoms with Gasteiger partial charge in [-0.15, -0.1) is 0 Å². The minimum absolute atomic E-state index is 0.137. The van der Waals surface area contributed by atoms with E-state index < -0.39 is 0 Å². The molecule has 6 nitrogen and oxygen atoms in total. The van der Waals surface area contributed by atoms with Crippen LogP contribution in [0.4, 0.5) is 0 Å². The van der Waals surface area contributed by atoms with Gasteiger partial charge in [-0.1, -0.05) is 0 Å². The first-order chi connectivity index (χ1) is 9.20. The Morgan fingerprint density at radius 1 is 1.32 bits per heavy atom. The lowest BCUT2D eigenvalue weighted by Gasteiger charge is -2.12. The van der Waals surface area contributed by atoms with E-state index in [0.717, 1.165) is 0 Å². The summed E-state index contributed by atoms with van der Waals surface area (Å²) < 4.78 is 10.2. The molecule has 0 aliphatic heterocycles. The van der Waals surface area contributed by atoms with Crippen LogP contribution >= 0.6 is 0 Å². The predicted molar refractivity (Wildman–Crippen MR) is 71.0 cm³/mol. The van der Waals surface area contributed by atoms with Crippen molar-refractivity contribution < 1.29 is 19.7 Å². The number of rotatable bonds is 9. The second-order valence-electron chi connectivity index (χ2n) is 4.14. The van der Waals surface area contributed by atoms with Crippen molar-refractivity contribution in [3.05, 3.63) is 23.0 Å². The molecule has 1 aromatic heterocycles. The first kappa shape index (κ1) is 15.8. The summed E-state index contributed by atoms with van der Waals surface area (Å²) in [6.45, 7) is 4.45. The lowest BCUT2D eigenvalue weighted by Crippen LogP contribution is -2.21. The molecule has 108 valence electrons. The maximum absolute atomic E-state index is 9.92. The van der Waals surface area contributed by atoms with Crippen molar-refractivity contribution >= 4 is 0 Å². The number of hydrogen-bond donors (Lipinski definition) is 3. The lowest BCUT2D eigenvalue weighted by atomic mass is 10.1. The Bertz CT molecular complexity index is 385. The Morgan fingerprint density at radius 3 is 2.79 bits per heavy atom. The topological polar surface area (TPSA) is 83.8 Å². The molecule has 0 aromatic carbocycles. The van der Waals surface area contributed by atoms with E-state index in [-0.39, 0.29) is 12.4 Å². The third-order valence-electron chi connectivity index (χ3n) is 2.76. The average molecular weight is 270 g/mol. The predicted octanol–water partition coefficient (Wildman–Crippen LogP) is 0.341. The molecule has 6 heteroatoms. The van der Waals surface area contributed by atoms with E-state index in [1.165, 1.54) is 0 Å². The van der Waals surface area contributed by atoms with Crippen molar-refractivity contribution in [1.29, 1.82) is 0 Å². The van der Waals surface area contributed by atoms with Gasteiger partial charge in [-0.25, -0.2) is 0 Å². The fraction of sp³-hybridized carbons (Fsp3) is 0.615. The number of pyridine rings is 1. The van der Waals surface area contributed by atoms with E-state index in [2.05, 4.69) is 10.3 Å². The van der Waals surface area contributed by atoms with Gasteiger partial charge in [0.25, 0.3) is 0 Å². The van der Waals surface area contributed by atoms with Gasteiger partial charge in [0.05, 0.1) is 32.1 Å². The van der Waals surface area contributed by atoms with Crippen LogP contribution in [0.25, 0.3) is 0 Å². The van der Waals surface area contributed by atoms with Crippen LogP contribution in [-0.2, 0) is 22.6 Å². The molecule has 0 unspecified atom stereocenters. The molecule has 1 rings (SSSR count). The highest BCUT2D eigenvalue weighted by Gasteiger charge is 2.10. The molecule has 0 amide bonds. The lowest BCUT2D eigenvalue weighted by molar-refractivity contribution is 0.0719. The standard InChI is InChI=1S/C13H22N2O4/c1-10-13(17)12(11(9-16)7-15-10)8-14-3-4-19-6-5-18-2/h7,14,16-17H,3-6,8-9H2,1-2H3. The van der Waals surface area contributed by atoms with Crippen LogP contribution < -0.4 is 5.32 Å². The summed E-state index contributed by atoms with van der Waals surface area (Å²) in [5, 5.41) is 22.3. The van der Waals surface area contributed by atoms with Gasteiger partial charge in [-0.3, -0.25) is 4.98 Å². The number of aliphatic hydroxyl groups is 1. The number of aliphatic hydroxyl groups excluding tert-OH is 1. The van der Waals surface area contributed by atoms with Crippen LogP contribution in [-0.4, -0.2) is 48.7 Å². The molecule has 0 radical (unpaired) electrons. The maximum Gasteiger partial charge on any atom is 0.141 e. The van der Waals surface area contributed by atoms with E-state index in [1.807, 2.05) is 0 Å². The molecule has 0 aliphatic rings. The van der Waals surface area contributed by atoms with Crippen LogP contribution in [0.15, 0.2) is 6.20 Å². The van der Waals surface area contributed by atoms with Crippen LogP contribution in [0.5, 0.6) is 5.75 Å². The molecule has 3 N–H and O–H groups in total. The van der Waals surface area contributed by atoms with Crippen molar-refractivity contribution in [2.75, 3.05) is 33.5 Å². The third kappa shape index (κ3) is 5.12. The molecule has 1 heterocycles. The highest BCUT2D eigenvalue weighted by molar-refractivity contribution is 5.40. The Kier molecular flexibility index (Phi) is 7.35. The molecular weight excluding hydrogens is 248 g/mol. The number of methoxy groups -OCH3 is 1. The molecular formula is C13H22N2O4. The van der Waals surface area contributed by atoms with Gasteiger partial charge in [0.15, 0.2) is 0 Å². The average Bonchev–Trinajstić information content (AvgIpc) is 2.42. The third-order valence-corrected chi connectivity index (χ3v) is 2.76. The normalized spacial score (nSPS) is 10.9. The van der Waals surface area contributed by atoms with Gasteiger partial charge in [0, 0.05) is 37.5 Å². The van der Waals surface area contributed by atoms with Crippen LogP contribution in [0, 0.1) is 6.92 Å². The number of hydrogen-bond acceptors (Lipinski definition) is 6. The monoisotopic (exact) mass is 270 g/mol. The van der Waals surface area contributed by atoms with Crippen molar-refractivity contribution in [1.82, 2.24) is 10.3 Å². The van der Waals surface area contributed by atoms with E-state index >= 15 is 0 Å². The van der Waals surface area contributed by atoms with Crippen molar-refractivity contribution in [3.63, 3.8) is 0 Å². The molecule has 19 heavy (non-hydrogen) atoms. The van der Waals surface area contributed by atoms with Crippen LogP contribution in [0.1, 0.15) is 16.8 Å². The number of aryl methyl sites for hydroxylation is 1. The van der Waals surface area contributed by atoms with Gasteiger partial charge < -0.3 is 25.0 Å². The summed E-state index contributed by atoms with van der Waals surface area (Å²) in [4.78, 5) is 4.01. The molecule has 0 fully saturated rings. The number of nitrogens with one attached hydrogen (secondary N) is 1. The summed E-state index contributed by atoms with van der Waals surface area (Å²) in [5.41, 5.74) is 1.88. The Labute approximate surface area is 113 Å². The SMILES string of the molecule is COCCOCCNCc1c(CO)cnc(C)c1O. The molecule has 0 bridgehead atoms. The molecule has 0 spiro atoms. The zero-order chi connectivity index (χ0) is 14.1. The Balaban J connectivity index is 2.38. The number of aromatic nitrogens is 1. The van der Waals surface area contributed by atoms with E-state index in [1.54, 1.807) is 20.2 Å². The summed E-state index contributed by atoms with van der Waals surface area (Å²) in [6.07, 6.45) is 1.58. The van der Waals surface area contributed by atoms with Gasteiger partial charge in [0.2, 0.25) is 0 Å². The molecule has 0 saturated carbocycles. The number of ether oxygens (including phenoxy) is 2. The van der Waals surface area contributed by atoms with Crippen LogP contribution in [0.3, 0.4) is 0 Å². The van der Waals surface area contributed by atoms with Crippen molar-refractivity contribution in [2.45, 2.75) is 20.1 Å². The Morgan fingerprint density at radius 2 is 2.11 bits per heavy atom. The number of nitrogens with zero attached hydrogens (tertiary/aromatic N) is 1. The van der Waals surface area contributed by atoms with Gasteiger partial charge in [-0.2, -0.15) is 0 Å². The number of aromatic hydroxyl groups is 1. The first-order valence-corrected chi connectivity index (χ1v) is 6.25. The van der Waals surface area contributed by atoms with E-state index in [4.69, 9.17) is 9.47 Å². The summed E-state index contributed by atoms with van der Waals surface area (Å²) >= 11 is 0. The zero-order valence-electron chi connectivity index (χ0n) is 11.5. The second-order valence-corrected chi connectivity index (χ2v) is 4.14. The fourth-order valence-corrected chi connectivity index (χ4v) is 1.62. The highest BCUT2D eigenvalue weighted by Crippen LogP contribution is 2.23. The van der Waals surface area contributed by atoms with Crippen molar-refractivity contribution in [3.8, 4) is 5.75 Å². The van der Waals surface area contributed by atoms with Crippen molar-refractivity contribution in [2.24, 2.45) is 0 Å². The quantitative estimate of drug-likeness (QED) is 0.561. The molecule has 0 atom stereocenters. The largest absolute Gasteiger partial charge is 0.506 e. The van der Waals surface area contributed by atoms with Gasteiger partial charge in [0.1, 0.15) is 5.75 Å². The zero-order valence-corrected chi connectivity index (χ0v) is 11.5. The molecule has 0 saturated heterocycles. The second kappa shape index (κ2) is 8.82. The minimum atomic E-state index is -0.137. The summed E-state index contributed by atoms with van der Waals surface area (Å²) in [6, 6.07) is 0. The Hall–Kier alpha value is -1.21. The fourth-order valence-electron chi connectivity index (χ4n) is 1.62. The van der Waals surface area contributed by atoms with Gasteiger partial charge in [-0.05, 0) is 6.92 Å². The molecule has 0 aliphatic carbocycles. The first-order valence-electron chi connectivity index (χ1n) is 6.25. The summed E-state index contributed by atoms with van der Waals surface area (Å²) in [5.74, 6) is 0.138. The maximum atomic E-state index is 9.92. The van der Waals surface area contributed by atoms with Gasteiger partial charge >= 0.3 is 0 Å². The summed E-state index contributed by atoms with van der Waals surface area (Å²) in [7, 11) is 1.63. The smallest absolute Gasteiger partial charge is 0.141 e. The van der Waals surface area contributed by atoms with E-state index in [9.17, 15) is 10.2 Å².